The minimum Gasteiger partial charge on any atom is -0.460 e. The molecule has 0 aromatic heterocycles. The summed E-state index contributed by atoms with van der Waals surface area (Å²) in [6.45, 7) is 6.17. The summed E-state index contributed by atoms with van der Waals surface area (Å²) >= 11 is 6.15. The molecule has 0 atom stereocenters. The first kappa shape index (κ1) is 19.5. The Kier molecular flexibility index (Phi) is 5.60. The maximum Gasteiger partial charge on any atom is 0.309 e. The van der Waals surface area contributed by atoms with E-state index in [0.717, 1.165) is 0 Å². The highest BCUT2D eigenvalue weighted by Crippen LogP contribution is 2.34. The number of halogens is 2. The second kappa shape index (κ2) is 7.19. The Morgan fingerprint density at radius 3 is 2.56 bits per heavy atom. The first-order valence-electron chi connectivity index (χ1n) is 8.11. The molecule has 1 saturated heterocycles. The molecule has 0 aliphatic carbocycles. The van der Waals surface area contributed by atoms with Crippen LogP contribution in [0.1, 0.15) is 45.6 Å². The third kappa shape index (κ3) is 5.07. The van der Waals surface area contributed by atoms with E-state index in [9.17, 15) is 14.3 Å². The molecule has 2 rings (SSSR count). The molecule has 1 fully saturated rings. The Morgan fingerprint density at radius 2 is 2.04 bits per heavy atom. The smallest absolute Gasteiger partial charge is 0.309 e. The molecule has 0 saturated carbocycles. The standard InChI is InChI=1S/C18H22ClFN2O3/c1-17(2,3)25-16(23)10-18(24)4-6-22(7-5-18)15-9-14(20)12(11-21)8-13(15)19/h8-9,24H,4-7,10H2,1-3H3. The fraction of sp³-hybridized carbons (Fsp3) is 0.556. The summed E-state index contributed by atoms with van der Waals surface area (Å²) in [5.41, 5.74) is -1.36. The maximum atomic E-state index is 13.8. The van der Waals surface area contributed by atoms with Crippen LogP contribution in [-0.4, -0.2) is 35.4 Å². The average molecular weight is 369 g/mol. The third-order valence-electron chi connectivity index (χ3n) is 4.09. The number of carbonyl (C=O) groups excluding carboxylic acids is 1. The predicted molar refractivity (Wildman–Crippen MR) is 93.0 cm³/mol. The molecular formula is C18H22ClFN2O3. The van der Waals surface area contributed by atoms with Crippen LogP contribution in [0.25, 0.3) is 0 Å². The molecule has 1 aromatic carbocycles. The molecule has 1 aliphatic rings. The van der Waals surface area contributed by atoms with E-state index in [2.05, 4.69) is 0 Å². The van der Waals surface area contributed by atoms with Gasteiger partial charge in [0.25, 0.3) is 0 Å². The van der Waals surface area contributed by atoms with E-state index >= 15 is 0 Å². The van der Waals surface area contributed by atoms with Gasteiger partial charge in [0.15, 0.2) is 0 Å². The lowest BCUT2D eigenvalue weighted by atomic mass is 9.88. The molecule has 5 nitrogen and oxygen atoms in total. The summed E-state index contributed by atoms with van der Waals surface area (Å²) < 4.78 is 19.1. The molecule has 1 heterocycles. The lowest BCUT2D eigenvalue weighted by Crippen LogP contribution is -2.46. The van der Waals surface area contributed by atoms with Crippen LogP contribution >= 0.6 is 11.6 Å². The van der Waals surface area contributed by atoms with Crippen molar-refractivity contribution in [2.45, 2.75) is 51.2 Å². The van der Waals surface area contributed by atoms with Crippen LogP contribution in [-0.2, 0) is 9.53 Å². The molecule has 136 valence electrons. The van der Waals surface area contributed by atoms with Gasteiger partial charge in [-0.05, 0) is 39.7 Å². The topological polar surface area (TPSA) is 73.6 Å². The second-order valence-corrected chi connectivity index (χ2v) is 7.78. The van der Waals surface area contributed by atoms with E-state index in [-0.39, 0.29) is 17.0 Å². The van der Waals surface area contributed by atoms with Crippen LogP contribution in [0.4, 0.5) is 10.1 Å². The maximum absolute atomic E-state index is 13.8. The number of anilines is 1. The van der Waals surface area contributed by atoms with Gasteiger partial charge in [0.2, 0.25) is 0 Å². The zero-order valence-corrected chi connectivity index (χ0v) is 15.4. The van der Waals surface area contributed by atoms with Crippen molar-refractivity contribution >= 4 is 23.3 Å². The second-order valence-electron chi connectivity index (χ2n) is 7.37. The molecule has 0 bridgehead atoms. The highest BCUT2D eigenvalue weighted by Gasteiger charge is 2.36. The summed E-state index contributed by atoms with van der Waals surface area (Å²) in [4.78, 5) is 13.8. The van der Waals surface area contributed by atoms with Crippen molar-refractivity contribution in [3.8, 4) is 6.07 Å². The third-order valence-corrected chi connectivity index (χ3v) is 4.39. The van der Waals surface area contributed by atoms with Gasteiger partial charge in [-0.2, -0.15) is 5.26 Å². The summed E-state index contributed by atoms with van der Waals surface area (Å²) in [6, 6.07) is 4.28. The lowest BCUT2D eigenvalue weighted by molar-refractivity contribution is -0.161. The van der Waals surface area contributed by atoms with Crippen LogP contribution in [0.5, 0.6) is 0 Å². The van der Waals surface area contributed by atoms with Crippen molar-refractivity contribution in [2.24, 2.45) is 0 Å². The normalized spacial score (nSPS) is 17.1. The van der Waals surface area contributed by atoms with Gasteiger partial charge in [0.05, 0.1) is 28.3 Å². The number of rotatable bonds is 3. The molecule has 0 spiro atoms. The number of piperidine rings is 1. The summed E-state index contributed by atoms with van der Waals surface area (Å²) in [5.74, 6) is -1.07. The van der Waals surface area contributed by atoms with Gasteiger partial charge in [-0.25, -0.2) is 4.39 Å². The molecule has 1 aromatic rings. The quantitative estimate of drug-likeness (QED) is 0.827. The number of carbonyl (C=O) groups is 1. The van der Waals surface area contributed by atoms with Gasteiger partial charge in [-0.15, -0.1) is 0 Å². The lowest BCUT2D eigenvalue weighted by Gasteiger charge is -2.39. The number of hydrogen-bond acceptors (Lipinski definition) is 5. The summed E-state index contributed by atoms with van der Waals surface area (Å²) in [7, 11) is 0. The number of ether oxygens (including phenoxy) is 1. The van der Waals surface area contributed by atoms with Crippen molar-refractivity contribution in [1.82, 2.24) is 0 Å². The molecule has 7 heteroatoms. The SMILES string of the molecule is CC(C)(C)OC(=O)CC1(O)CCN(c2cc(F)c(C#N)cc2Cl)CC1. The van der Waals surface area contributed by atoms with E-state index in [0.29, 0.717) is 31.6 Å². The highest BCUT2D eigenvalue weighted by atomic mass is 35.5. The Hall–Kier alpha value is -1.84. The summed E-state index contributed by atoms with van der Waals surface area (Å²) in [5, 5.41) is 19.8. The number of aliphatic hydroxyl groups is 1. The Bertz CT molecular complexity index is 701. The van der Waals surface area contributed by atoms with Gasteiger partial charge in [-0.1, -0.05) is 11.6 Å². The van der Waals surface area contributed by atoms with Crippen molar-refractivity contribution in [2.75, 3.05) is 18.0 Å². The monoisotopic (exact) mass is 368 g/mol. The van der Waals surface area contributed by atoms with Gasteiger partial charge in [0.1, 0.15) is 17.5 Å². The zero-order valence-electron chi connectivity index (χ0n) is 14.6. The minimum atomic E-state index is -1.14. The van der Waals surface area contributed by atoms with Gasteiger partial charge < -0.3 is 14.7 Å². The number of nitriles is 1. The Balaban J connectivity index is 2.03. The van der Waals surface area contributed by atoms with Gasteiger partial charge in [-0.3, -0.25) is 4.79 Å². The Morgan fingerprint density at radius 1 is 1.44 bits per heavy atom. The summed E-state index contributed by atoms with van der Waals surface area (Å²) in [6.07, 6.45) is 0.599. The first-order valence-corrected chi connectivity index (χ1v) is 8.49. The van der Waals surface area contributed by atoms with E-state index in [1.807, 2.05) is 4.90 Å². The predicted octanol–water partition coefficient (Wildman–Crippen LogP) is 3.41. The molecule has 0 radical (unpaired) electrons. The van der Waals surface area contributed by atoms with E-state index < -0.39 is 23.0 Å². The van der Waals surface area contributed by atoms with Crippen LogP contribution in [0, 0.1) is 17.1 Å². The fourth-order valence-electron chi connectivity index (χ4n) is 2.85. The van der Waals surface area contributed by atoms with Crippen molar-refractivity contribution < 1.29 is 19.0 Å². The van der Waals surface area contributed by atoms with E-state index in [4.69, 9.17) is 21.6 Å². The number of nitrogens with zero attached hydrogens (tertiary/aromatic N) is 2. The average Bonchev–Trinajstić information content (AvgIpc) is 2.47. The van der Waals surface area contributed by atoms with Gasteiger partial charge in [0, 0.05) is 19.2 Å². The number of esters is 1. The molecule has 25 heavy (non-hydrogen) atoms. The van der Waals surface area contributed by atoms with E-state index in [1.54, 1.807) is 26.8 Å². The van der Waals surface area contributed by atoms with Crippen LogP contribution in [0.3, 0.4) is 0 Å². The molecule has 0 amide bonds. The molecule has 0 unspecified atom stereocenters. The van der Waals surface area contributed by atoms with Crippen molar-refractivity contribution in [3.05, 3.63) is 28.5 Å². The van der Waals surface area contributed by atoms with E-state index in [1.165, 1.54) is 12.1 Å². The number of benzene rings is 1. The van der Waals surface area contributed by atoms with Crippen LogP contribution in [0.2, 0.25) is 5.02 Å². The number of hydrogen-bond donors (Lipinski definition) is 1. The van der Waals surface area contributed by atoms with Gasteiger partial charge >= 0.3 is 5.97 Å². The fourth-order valence-corrected chi connectivity index (χ4v) is 3.13. The molecular weight excluding hydrogens is 347 g/mol. The van der Waals surface area contributed by atoms with Crippen LogP contribution in [0.15, 0.2) is 12.1 Å². The zero-order chi connectivity index (χ0) is 18.8. The molecule has 1 N–H and O–H groups in total. The van der Waals surface area contributed by atoms with Crippen molar-refractivity contribution in [1.29, 1.82) is 5.26 Å². The Labute approximate surface area is 151 Å². The highest BCUT2D eigenvalue weighted by molar-refractivity contribution is 6.33. The minimum absolute atomic E-state index is 0.0758. The largest absolute Gasteiger partial charge is 0.460 e. The van der Waals surface area contributed by atoms with Crippen molar-refractivity contribution in [3.63, 3.8) is 0 Å². The van der Waals surface area contributed by atoms with Crippen LogP contribution < -0.4 is 4.90 Å². The molecule has 1 aliphatic heterocycles. The first-order chi connectivity index (χ1) is 11.5.